The molecule has 20 heavy (non-hydrogen) atoms. The Morgan fingerprint density at radius 1 is 1.40 bits per heavy atom. The fourth-order valence-electron chi connectivity index (χ4n) is 2.19. The Bertz CT molecular complexity index is 433. The van der Waals surface area contributed by atoms with Crippen molar-refractivity contribution in [2.75, 3.05) is 26.7 Å². The Morgan fingerprint density at radius 2 is 2.15 bits per heavy atom. The SMILES string of the molecule is CCC(C)N(C)CCNC1=NCC(c2ccccc2)S1. The summed E-state index contributed by atoms with van der Waals surface area (Å²) in [4.78, 5) is 7.00. The lowest BCUT2D eigenvalue weighted by Crippen LogP contribution is -2.36. The standard InChI is InChI=1S/C16H25N3S/c1-4-13(2)19(3)11-10-17-16-18-12-15(20-16)14-8-6-5-7-9-14/h5-9,13,15H,4,10-12H2,1-3H3,(H,17,18). The Hall–Kier alpha value is -1.00. The van der Waals surface area contributed by atoms with Crippen LogP contribution >= 0.6 is 11.8 Å². The number of nitrogens with one attached hydrogen (secondary N) is 1. The maximum absolute atomic E-state index is 4.61. The summed E-state index contributed by atoms with van der Waals surface area (Å²) in [7, 11) is 2.19. The van der Waals surface area contributed by atoms with Crippen LogP contribution in [0, 0.1) is 0 Å². The van der Waals surface area contributed by atoms with Gasteiger partial charge in [-0.05, 0) is 26.0 Å². The fourth-order valence-corrected chi connectivity index (χ4v) is 3.23. The Morgan fingerprint density at radius 3 is 2.85 bits per heavy atom. The highest BCUT2D eigenvalue weighted by Crippen LogP contribution is 2.33. The van der Waals surface area contributed by atoms with E-state index < -0.39 is 0 Å². The monoisotopic (exact) mass is 291 g/mol. The number of thioether (sulfide) groups is 1. The van der Waals surface area contributed by atoms with Crippen LogP contribution in [0.1, 0.15) is 31.1 Å². The lowest BCUT2D eigenvalue weighted by atomic mass is 10.1. The van der Waals surface area contributed by atoms with Crippen molar-refractivity contribution in [2.45, 2.75) is 31.6 Å². The first-order chi connectivity index (χ1) is 9.70. The third-order valence-electron chi connectivity index (χ3n) is 3.91. The highest BCUT2D eigenvalue weighted by Gasteiger charge is 2.20. The van der Waals surface area contributed by atoms with Crippen LogP contribution in [0.3, 0.4) is 0 Å². The van der Waals surface area contributed by atoms with Gasteiger partial charge >= 0.3 is 0 Å². The van der Waals surface area contributed by atoms with E-state index in [1.165, 1.54) is 12.0 Å². The first-order valence-corrected chi connectivity index (χ1v) is 8.28. The summed E-state index contributed by atoms with van der Waals surface area (Å²) in [6, 6.07) is 11.3. The smallest absolute Gasteiger partial charge is 0.157 e. The molecule has 0 saturated heterocycles. The molecule has 2 atom stereocenters. The summed E-state index contributed by atoms with van der Waals surface area (Å²) in [6.45, 7) is 7.42. The molecule has 1 N–H and O–H groups in total. The Balaban J connectivity index is 1.71. The van der Waals surface area contributed by atoms with Crippen molar-refractivity contribution in [1.82, 2.24) is 10.2 Å². The number of rotatable bonds is 6. The highest BCUT2D eigenvalue weighted by molar-refractivity contribution is 8.14. The van der Waals surface area contributed by atoms with E-state index >= 15 is 0 Å². The molecule has 0 aliphatic carbocycles. The first-order valence-electron chi connectivity index (χ1n) is 7.41. The minimum atomic E-state index is 0.478. The van der Waals surface area contributed by atoms with Gasteiger partial charge in [0, 0.05) is 19.1 Å². The van der Waals surface area contributed by atoms with Crippen LogP contribution in [-0.2, 0) is 0 Å². The third-order valence-corrected chi connectivity index (χ3v) is 5.11. The Labute approximate surface area is 126 Å². The molecule has 110 valence electrons. The molecule has 3 nitrogen and oxygen atoms in total. The number of aliphatic imine (C=N–C) groups is 1. The summed E-state index contributed by atoms with van der Waals surface area (Å²) in [5, 5.41) is 5.03. The van der Waals surface area contributed by atoms with Crippen molar-refractivity contribution in [3.8, 4) is 0 Å². The van der Waals surface area contributed by atoms with Gasteiger partial charge < -0.3 is 10.2 Å². The van der Waals surface area contributed by atoms with Crippen LogP contribution < -0.4 is 5.32 Å². The van der Waals surface area contributed by atoms with E-state index in [1.807, 2.05) is 11.8 Å². The molecule has 0 bridgehead atoms. The summed E-state index contributed by atoms with van der Waals surface area (Å²) in [5.74, 6) is 0. The second-order valence-corrected chi connectivity index (χ2v) is 6.52. The van der Waals surface area contributed by atoms with Gasteiger partial charge in [-0.2, -0.15) is 0 Å². The van der Waals surface area contributed by atoms with Gasteiger partial charge in [-0.15, -0.1) is 0 Å². The number of hydrogen-bond donors (Lipinski definition) is 1. The maximum Gasteiger partial charge on any atom is 0.157 e. The van der Waals surface area contributed by atoms with E-state index in [9.17, 15) is 0 Å². The number of hydrogen-bond acceptors (Lipinski definition) is 4. The van der Waals surface area contributed by atoms with Crippen molar-refractivity contribution >= 4 is 16.9 Å². The molecule has 0 radical (unpaired) electrons. The van der Waals surface area contributed by atoms with Gasteiger partial charge in [0.05, 0.1) is 11.8 Å². The lowest BCUT2D eigenvalue weighted by molar-refractivity contribution is 0.256. The van der Waals surface area contributed by atoms with Crippen LogP contribution in [0.25, 0.3) is 0 Å². The number of nitrogens with zero attached hydrogens (tertiary/aromatic N) is 2. The van der Waals surface area contributed by atoms with Gasteiger partial charge in [-0.25, -0.2) is 0 Å². The van der Waals surface area contributed by atoms with Crippen LogP contribution in [0.2, 0.25) is 0 Å². The molecule has 0 aromatic heterocycles. The van der Waals surface area contributed by atoms with Crippen molar-refractivity contribution in [1.29, 1.82) is 0 Å². The molecule has 1 aromatic rings. The van der Waals surface area contributed by atoms with Crippen LogP contribution in [-0.4, -0.2) is 42.8 Å². The molecule has 1 aromatic carbocycles. The summed E-state index contributed by atoms with van der Waals surface area (Å²) in [5.41, 5.74) is 1.37. The summed E-state index contributed by atoms with van der Waals surface area (Å²) < 4.78 is 0. The second kappa shape index (κ2) is 7.70. The zero-order valence-corrected chi connectivity index (χ0v) is 13.5. The minimum Gasteiger partial charge on any atom is -0.364 e. The van der Waals surface area contributed by atoms with Crippen molar-refractivity contribution in [3.05, 3.63) is 35.9 Å². The Kier molecular flexibility index (Phi) is 5.92. The number of likely N-dealkylation sites (N-methyl/N-ethyl adjacent to an activating group) is 1. The fraction of sp³-hybridized carbons (Fsp3) is 0.562. The van der Waals surface area contributed by atoms with E-state index in [-0.39, 0.29) is 0 Å². The second-order valence-electron chi connectivity index (χ2n) is 5.33. The zero-order valence-electron chi connectivity index (χ0n) is 12.7. The quantitative estimate of drug-likeness (QED) is 0.872. The van der Waals surface area contributed by atoms with Gasteiger partial charge in [0.15, 0.2) is 5.17 Å². The molecule has 1 aliphatic rings. The van der Waals surface area contributed by atoms with Gasteiger partial charge in [-0.1, -0.05) is 49.0 Å². The first kappa shape index (κ1) is 15.4. The maximum atomic E-state index is 4.61. The van der Waals surface area contributed by atoms with Gasteiger partial charge in [-0.3, -0.25) is 4.99 Å². The van der Waals surface area contributed by atoms with Gasteiger partial charge in [0.25, 0.3) is 0 Å². The van der Waals surface area contributed by atoms with Crippen molar-refractivity contribution in [2.24, 2.45) is 4.99 Å². The summed E-state index contributed by atoms with van der Waals surface area (Å²) in [6.07, 6.45) is 1.20. The van der Waals surface area contributed by atoms with E-state index in [2.05, 4.69) is 66.4 Å². The molecule has 1 heterocycles. The van der Waals surface area contributed by atoms with Crippen molar-refractivity contribution < 1.29 is 0 Å². The molecule has 4 heteroatoms. The van der Waals surface area contributed by atoms with E-state index in [4.69, 9.17) is 0 Å². The third kappa shape index (κ3) is 4.25. The highest BCUT2D eigenvalue weighted by atomic mass is 32.2. The lowest BCUT2D eigenvalue weighted by Gasteiger charge is -2.23. The molecular formula is C16H25N3S. The normalized spacial score (nSPS) is 20.0. The van der Waals surface area contributed by atoms with E-state index in [0.29, 0.717) is 11.3 Å². The molecule has 0 fully saturated rings. The molecule has 0 amide bonds. The largest absolute Gasteiger partial charge is 0.364 e. The molecule has 0 spiro atoms. The number of benzene rings is 1. The van der Waals surface area contributed by atoms with Crippen molar-refractivity contribution in [3.63, 3.8) is 0 Å². The van der Waals surface area contributed by atoms with E-state index in [0.717, 1.165) is 24.8 Å². The molecule has 0 saturated carbocycles. The predicted octanol–water partition coefficient (Wildman–Crippen LogP) is 3.15. The van der Waals surface area contributed by atoms with Crippen LogP contribution in [0.15, 0.2) is 35.3 Å². The summed E-state index contributed by atoms with van der Waals surface area (Å²) >= 11 is 1.85. The molecule has 2 rings (SSSR count). The predicted molar refractivity (Wildman–Crippen MR) is 89.5 cm³/mol. The van der Waals surface area contributed by atoms with Crippen LogP contribution in [0.4, 0.5) is 0 Å². The molecule has 1 aliphatic heterocycles. The van der Waals surface area contributed by atoms with Crippen LogP contribution in [0.5, 0.6) is 0 Å². The molecular weight excluding hydrogens is 266 g/mol. The van der Waals surface area contributed by atoms with Gasteiger partial charge in [0.2, 0.25) is 0 Å². The minimum absolute atomic E-state index is 0.478. The number of amidine groups is 1. The zero-order chi connectivity index (χ0) is 14.4. The topological polar surface area (TPSA) is 27.6 Å². The van der Waals surface area contributed by atoms with E-state index in [1.54, 1.807) is 0 Å². The molecule has 2 unspecified atom stereocenters. The average Bonchev–Trinajstić information content (AvgIpc) is 2.96. The van der Waals surface area contributed by atoms with Gasteiger partial charge in [0.1, 0.15) is 0 Å². The average molecular weight is 291 g/mol.